The van der Waals surface area contributed by atoms with Crippen molar-refractivity contribution < 1.29 is 9.53 Å². The first-order valence-corrected chi connectivity index (χ1v) is 12.9. The van der Waals surface area contributed by atoms with Crippen molar-refractivity contribution in [2.45, 2.75) is 31.8 Å². The molecule has 0 aliphatic carbocycles. The first-order chi connectivity index (χ1) is 18.1. The van der Waals surface area contributed by atoms with E-state index in [1.54, 1.807) is 18.7 Å². The number of carbonyl (C=O) groups is 1. The maximum Gasteiger partial charge on any atom is 0.254 e. The van der Waals surface area contributed by atoms with E-state index in [1.807, 2.05) is 33.9 Å². The van der Waals surface area contributed by atoms with Crippen LogP contribution < -0.4 is 5.32 Å². The molecule has 1 N–H and O–H groups in total. The maximum absolute atomic E-state index is 13.3. The van der Waals surface area contributed by atoms with E-state index < -0.39 is 0 Å². The van der Waals surface area contributed by atoms with E-state index in [1.165, 1.54) is 5.56 Å². The fourth-order valence-electron chi connectivity index (χ4n) is 4.86. The Balaban J connectivity index is 1.14. The van der Waals surface area contributed by atoms with Crippen LogP contribution in [0.2, 0.25) is 5.02 Å². The number of carbonyl (C=O) groups excluding carboxylic acids is 1. The number of hydrogen-bond acceptors (Lipinski definition) is 6. The molecule has 9 heteroatoms. The van der Waals surface area contributed by atoms with Gasteiger partial charge in [-0.1, -0.05) is 35.9 Å². The number of imidazole rings is 1. The van der Waals surface area contributed by atoms with Gasteiger partial charge < -0.3 is 19.5 Å². The van der Waals surface area contributed by atoms with Gasteiger partial charge in [0.1, 0.15) is 0 Å². The van der Waals surface area contributed by atoms with Crippen molar-refractivity contribution in [3.63, 3.8) is 0 Å². The van der Waals surface area contributed by atoms with E-state index in [4.69, 9.17) is 16.3 Å². The minimum atomic E-state index is 0.0395. The molecule has 4 aromatic rings. The van der Waals surface area contributed by atoms with E-state index in [9.17, 15) is 4.79 Å². The number of anilines is 1. The molecule has 0 atom stereocenters. The van der Waals surface area contributed by atoms with Crippen LogP contribution in [0.1, 0.15) is 34.3 Å². The van der Waals surface area contributed by atoms with Gasteiger partial charge in [0.15, 0.2) is 0 Å². The van der Waals surface area contributed by atoms with Gasteiger partial charge in [-0.25, -0.2) is 15.0 Å². The summed E-state index contributed by atoms with van der Waals surface area (Å²) in [5.41, 5.74) is 5.42. The van der Waals surface area contributed by atoms with E-state index in [-0.39, 0.29) is 11.9 Å². The van der Waals surface area contributed by atoms with Gasteiger partial charge in [-0.2, -0.15) is 0 Å². The van der Waals surface area contributed by atoms with Gasteiger partial charge in [-0.15, -0.1) is 0 Å². The molecule has 0 saturated carbocycles. The Morgan fingerprint density at radius 2 is 1.95 bits per heavy atom. The average Bonchev–Trinajstić information content (AvgIpc) is 3.58. The van der Waals surface area contributed by atoms with Crippen LogP contribution in [-0.2, 0) is 17.7 Å². The molecular weight excluding hydrogens is 488 g/mol. The zero-order valence-electron chi connectivity index (χ0n) is 20.3. The number of aromatic nitrogens is 4. The summed E-state index contributed by atoms with van der Waals surface area (Å²) in [4.78, 5) is 28.3. The fourth-order valence-corrected chi connectivity index (χ4v) is 5.06. The summed E-state index contributed by atoms with van der Waals surface area (Å²) >= 11 is 6.48. The summed E-state index contributed by atoms with van der Waals surface area (Å²) in [6.45, 7) is 2.73. The molecule has 2 aromatic heterocycles. The topological polar surface area (TPSA) is 85.2 Å². The van der Waals surface area contributed by atoms with E-state index in [2.05, 4.69) is 44.5 Å². The van der Waals surface area contributed by atoms with E-state index in [0.717, 1.165) is 49.3 Å². The molecule has 2 aliphatic rings. The van der Waals surface area contributed by atoms with Gasteiger partial charge in [-0.05, 0) is 48.6 Å². The summed E-state index contributed by atoms with van der Waals surface area (Å²) < 4.78 is 7.40. The zero-order valence-corrected chi connectivity index (χ0v) is 21.1. The van der Waals surface area contributed by atoms with Crippen molar-refractivity contribution >= 4 is 23.5 Å². The molecule has 188 valence electrons. The van der Waals surface area contributed by atoms with Crippen LogP contribution in [0.15, 0.2) is 67.4 Å². The van der Waals surface area contributed by atoms with Gasteiger partial charge in [0.25, 0.3) is 5.91 Å². The summed E-state index contributed by atoms with van der Waals surface area (Å²) in [7, 11) is 0. The molecule has 2 aromatic carbocycles. The summed E-state index contributed by atoms with van der Waals surface area (Å²) in [5, 5.41) is 3.85. The first-order valence-electron chi connectivity index (χ1n) is 12.5. The molecule has 1 amide bonds. The van der Waals surface area contributed by atoms with Crippen LogP contribution in [0, 0.1) is 0 Å². The minimum Gasteiger partial charge on any atom is -0.381 e. The second-order valence-electron chi connectivity index (χ2n) is 9.41. The first kappa shape index (κ1) is 23.6. The predicted molar refractivity (Wildman–Crippen MR) is 142 cm³/mol. The third kappa shape index (κ3) is 5.08. The highest BCUT2D eigenvalue weighted by Gasteiger charge is 2.28. The number of fused-ring (bicyclic) bond motifs is 1. The van der Waals surface area contributed by atoms with Gasteiger partial charge in [0.05, 0.1) is 23.2 Å². The largest absolute Gasteiger partial charge is 0.381 e. The quantitative estimate of drug-likeness (QED) is 0.382. The van der Waals surface area contributed by atoms with Crippen LogP contribution >= 0.6 is 11.6 Å². The Hall–Kier alpha value is -3.75. The van der Waals surface area contributed by atoms with Gasteiger partial charge in [0.2, 0.25) is 5.95 Å². The van der Waals surface area contributed by atoms with E-state index >= 15 is 0 Å². The van der Waals surface area contributed by atoms with Crippen molar-refractivity contribution in [3.05, 3.63) is 89.1 Å². The van der Waals surface area contributed by atoms with Crippen molar-refractivity contribution in [1.82, 2.24) is 24.4 Å². The number of ether oxygens (including phenoxy) is 1. The third-order valence-electron chi connectivity index (χ3n) is 6.97. The molecule has 8 nitrogen and oxygen atoms in total. The number of amides is 1. The smallest absolute Gasteiger partial charge is 0.254 e. The molecule has 1 saturated heterocycles. The maximum atomic E-state index is 13.3. The van der Waals surface area contributed by atoms with Crippen LogP contribution in [0.4, 0.5) is 5.95 Å². The highest BCUT2D eigenvalue weighted by molar-refractivity contribution is 6.33. The molecule has 1 fully saturated rings. The second-order valence-corrected chi connectivity index (χ2v) is 9.81. The second kappa shape index (κ2) is 10.3. The van der Waals surface area contributed by atoms with Crippen molar-refractivity contribution in [3.8, 4) is 16.9 Å². The Bertz CT molecular complexity index is 1400. The van der Waals surface area contributed by atoms with Gasteiger partial charge in [0, 0.05) is 61.6 Å². The Morgan fingerprint density at radius 1 is 1.11 bits per heavy atom. The van der Waals surface area contributed by atoms with Crippen LogP contribution in [-0.4, -0.2) is 56.1 Å². The number of nitrogens with zero attached hydrogens (tertiary/aromatic N) is 5. The fraction of sp³-hybridized carbons (Fsp3) is 0.286. The molecule has 0 spiro atoms. The Morgan fingerprint density at radius 3 is 2.73 bits per heavy atom. The lowest BCUT2D eigenvalue weighted by Gasteiger charge is -2.23. The number of nitrogens with one attached hydrogen (secondary N) is 1. The molecule has 0 radical (unpaired) electrons. The highest BCUT2D eigenvalue weighted by atomic mass is 35.5. The lowest BCUT2D eigenvalue weighted by molar-refractivity contribution is 0.0780. The molecule has 37 heavy (non-hydrogen) atoms. The standard InChI is InChI=1S/C28H27ClN6O2/c29-25-16-31-28(32-22-8-13-37-14-9-22)33-26(25)20-3-4-21-17-34(27(36)24(21)15-20)11-7-19-1-5-23(6-2-19)35-12-10-30-18-35/h1-6,10,12,15-16,18,22H,7-9,11,13-14,17H2,(H,31,32,33). The number of hydrogen-bond donors (Lipinski definition) is 1. The van der Waals surface area contributed by atoms with Gasteiger partial charge >= 0.3 is 0 Å². The predicted octanol–water partition coefficient (Wildman–Crippen LogP) is 4.77. The summed E-state index contributed by atoms with van der Waals surface area (Å²) in [5.74, 6) is 0.580. The molecule has 0 bridgehead atoms. The van der Waals surface area contributed by atoms with E-state index in [0.29, 0.717) is 35.3 Å². The lowest BCUT2D eigenvalue weighted by atomic mass is 10.0. The van der Waals surface area contributed by atoms with Crippen LogP contribution in [0.3, 0.4) is 0 Å². The van der Waals surface area contributed by atoms with Crippen molar-refractivity contribution in [2.75, 3.05) is 25.1 Å². The lowest BCUT2D eigenvalue weighted by Crippen LogP contribution is -2.28. The molecule has 0 unspecified atom stereocenters. The molecule has 6 rings (SSSR count). The van der Waals surface area contributed by atoms with Crippen LogP contribution in [0.5, 0.6) is 0 Å². The van der Waals surface area contributed by atoms with Crippen molar-refractivity contribution in [1.29, 1.82) is 0 Å². The van der Waals surface area contributed by atoms with Crippen LogP contribution in [0.25, 0.3) is 16.9 Å². The molecule has 2 aliphatic heterocycles. The number of benzene rings is 2. The summed E-state index contributed by atoms with van der Waals surface area (Å²) in [6, 6.07) is 14.5. The highest BCUT2D eigenvalue weighted by Crippen LogP contribution is 2.32. The molecular formula is C28H27ClN6O2. The minimum absolute atomic E-state index is 0.0395. The Labute approximate surface area is 220 Å². The summed E-state index contributed by atoms with van der Waals surface area (Å²) in [6.07, 6.45) is 9.69. The number of halogens is 1. The number of rotatable bonds is 7. The molecule has 4 heterocycles. The zero-order chi connectivity index (χ0) is 25.2. The van der Waals surface area contributed by atoms with Crippen molar-refractivity contribution in [2.24, 2.45) is 0 Å². The van der Waals surface area contributed by atoms with Gasteiger partial charge in [-0.3, -0.25) is 4.79 Å². The average molecular weight is 515 g/mol. The monoisotopic (exact) mass is 514 g/mol. The normalized spacial score (nSPS) is 15.7. The Kier molecular flexibility index (Phi) is 6.59. The third-order valence-corrected chi connectivity index (χ3v) is 7.25. The SMILES string of the molecule is O=C1c2cc(-c3nc(NC4CCOCC4)ncc3Cl)ccc2CN1CCc1ccc(-n2ccnc2)cc1.